The third kappa shape index (κ3) is 2.77. The van der Waals surface area contributed by atoms with Crippen molar-refractivity contribution in [1.29, 1.82) is 0 Å². The summed E-state index contributed by atoms with van der Waals surface area (Å²) in [5.41, 5.74) is 3.42. The van der Waals surface area contributed by atoms with Crippen LogP contribution >= 0.6 is 0 Å². The molecule has 0 aromatic carbocycles. The monoisotopic (exact) mass is 242 g/mol. The highest BCUT2D eigenvalue weighted by Gasteiger charge is 2.04. The molecule has 0 radical (unpaired) electrons. The topological polar surface area (TPSA) is 42.7 Å². The molecule has 4 nitrogen and oxygen atoms in total. The van der Waals surface area contributed by atoms with Crippen molar-refractivity contribution in [2.45, 2.75) is 26.9 Å². The molecule has 4 heteroatoms. The number of aryl methyl sites for hydroxylation is 2. The van der Waals surface area contributed by atoms with Gasteiger partial charge in [0.25, 0.3) is 0 Å². The maximum absolute atomic E-state index is 4.46. The molecule has 0 saturated carbocycles. The lowest BCUT2D eigenvalue weighted by molar-refractivity contribution is 0.818. The Morgan fingerprint density at radius 1 is 1.44 bits per heavy atom. The molecule has 0 amide bonds. The van der Waals surface area contributed by atoms with E-state index >= 15 is 0 Å². The number of nitrogens with zero attached hydrogens (tertiary/aromatic N) is 3. The standard InChI is InChI=1S/C14H18N4/c1-4-7-18-10-12(3)17-14(18)16-9-13-5-6-15-8-11(13)2/h4-6,8,10H,1,7,9H2,2-3H3,(H,16,17). The zero-order valence-electron chi connectivity index (χ0n) is 10.8. The first kappa shape index (κ1) is 12.4. The van der Waals surface area contributed by atoms with Gasteiger partial charge in [0.1, 0.15) is 0 Å². The molecule has 2 heterocycles. The van der Waals surface area contributed by atoms with Gasteiger partial charge in [-0.3, -0.25) is 4.98 Å². The zero-order chi connectivity index (χ0) is 13.0. The lowest BCUT2D eigenvalue weighted by Crippen LogP contribution is -2.07. The van der Waals surface area contributed by atoms with Crippen LogP contribution in [0.15, 0.2) is 37.3 Å². The van der Waals surface area contributed by atoms with Crippen LogP contribution in [0.4, 0.5) is 5.95 Å². The summed E-state index contributed by atoms with van der Waals surface area (Å²) in [5, 5.41) is 3.35. The van der Waals surface area contributed by atoms with Gasteiger partial charge in [-0.05, 0) is 31.0 Å². The molecule has 0 atom stereocenters. The fourth-order valence-corrected chi connectivity index (χ4v) is 1.84. The Kier molecular flexibility index (Phi) is 3.77. The Balaban J connectivity index is 2.10. The maximum atomic E-state index is 4.46. The summed E-state index contributed by atoms with van der Waals surface area (Å²) in [5.74, 6) is 0.878. The number of pyridine rings is 1. The van der Waals surface area contributed by atoms with Crippen LogP contribution in [0, 0.1) is 13.8 Å². The first-order valence-electron chi connectivity index (χ1n) is 5.98. The summed E-state index contributed by atoms with van der Waals surface area (Å²) < 4.78 is 2.05. The van der Waals surface area contributed by atoms with Crippen LogP contribution in [-0.2, 0) is 13.1 Å². The number of imidazole rings is 1. The number of nitrogens with one attached hydrogen (secondary N) is 1. The fraction of sp³-hybridized carbons (Fsp3) is 0.286. The predicted octanol–water partition coefficient (Wildman–Crippen LogP) is 2.69. The molecule has 2 aromatic heterocycles. The Bertz CT molecular complexity index is 542. The van der Waals surface area contributed by atoms with Gasteiger partial charge in [-0.2, -0.15) is 0 Å². The summed E-state index contributed by atoms with van der Waals surface area (Å²) in [4.78, 5) is 8.55. The molecule has 0 unspecified atom stereocenters. The van der Waals surface area contributed by atoms with Gasteiger partial charge in [-0.1, -0.05) is 6.08 Å². The Labute approximate surface area is 107 Å². The van der Waals surface area contributed by atoms with Crippen molar-refractivity contribution < 1.29 is 0 Å². The normalized spacial score (nSPS) is 10.3. The Morgan fingerprint density at radius 3 is 3.00 bits per heavy atom. The van der Waals surface area contributed by atoms with Crippen LogP contribution < -0.4 is 5.32 Å². The molecule has 0 aliphatic heterocycles. The molecule has 0 fully saturated rings. The van der Waals surface area contributed by atoms with Crippen molar-refractivity contribution in [1.82, 2.24) is 14.5 Å². The molecular weight excluding hydrogens is 224 g/mol. The molecule has 94 valence electrons. The van der Waals surface area contributed by atoms with Crippen LogP contribution in [0.3, 0.4) is 0 Å². The van der Waals surface area contributed by atoms with E-state index in [4.69, 9.17) is 0 Å². The first-order valence-corrected chi connectivity index (χ1v) is 5.98. The molecule has 0 bridgehead atoms. The summed E-state index contributed by atoms with van der Waals surface area (Å²) in [6, 6.07) is 2.02. The SMILES string of the molecule is C=CCn1cc(C)nc1NCc1ccncc1C. The van der Waals surface area contributed by atoms with Crippen molar-refractivity contribution >= 4 is 5.95 Å². The van der Waals surface area contributed by atoms with E-state index in [1.165, 1.54) is 11.1 Å². The number of allylic oxidation sites excluding steroid dienone is 1. The molecule has 18 heavy (non-hydrogen) atoms. The minimum absolute atomic E-state index is 0.752. The molecule has 0 saturated heterocycles. The number of aromatic nitrogens is 3. The largest absolute Gasteiger partial charge is 0.352 e. The number of hydrogen-bond acceptors (Lipinski definition) is 3. The maximum Gasteiger partial charge on any atom is 0.203 e. The van der Waals surface area contributed by atoms with Gasteiger partial charge in [-0.15, -0.1) is 6.58 Å². The predicted molar refractivity (Wildman–Crippen MR) is 73.5 cm³/mol. The van der Waals surface area contributed by atoms with Crippen LogP contribution in [0.25, 0.3) is 0 Å². The highest BCUT2D eigenvalue weighted by Crippen LogP contribution is 2.12. The highest BCUT2D eigenvalue weighted by molar-refractivity contribution is 5.33. The first-order chi connectivity index (χ1) is 8.70. The summed E-state index contributed by atoms with van der Waals surface area (Å²) in [6.45, 7) is 9.32. The van der Waals surface area contributed by atoms with Gasteiger partial charge in [0.2, 0.25) is 5.95 Å². The van der Waals surface area contributed by atoms with E-state index in [-0.39, 0.29) is 0 Å². The van der Waals surface area contributed by atoms with E-state index in [9.17, 15) is 0 Å². The van der Waals surface area contributed by atoms with Gasteiger partial charge < -0.3 is 9.88 Å². The molecule has 2 rings (SSSR count). The second kappa shape index (κ2) is 5.49. The van der Waals surface area contributed by atoms with Gasteiger partial charge in [0.05, 0.1) is 5.69 Å². The zero-order valence-corrected chi connectivity index (χ0v) is 10.8. The van der Waals surface area contributed by atoms with Gasteiger partial charge in [-0.25, -0.2) is 4.98 Å². The van der Waals surface area contributed by atoms with E-state index < -0.39 is 0 Å². The molecule has 0 aliphatic carbocycles. The van der Waals surface area contributed by atoms with Crippen molar-refractivity contribution in [3.05, 3.63) is 54.1 Å². The molecule has 2 aromatic rings. The molecular formula is C14H18N4. The molecule has 0 spiro atoms. The van der Waals surface area contributed by atoms with E-state index in [2.05, 4.69) is 33.4 Å². The van der Waals surface area contributed by atoms with Gasteiger partial charge in [0.15, 0.2) is 0 Å². The van der Waals surface area contributed by atoms with Crippen molar-refractivity contribution in [2.75, 3.05) is 5.32 Å². The minimum Gasteiger partial charge on any atom is -0.352 e. The number of rotatable bonds is 5. The molecule has 1 N–H and O–H groups in total. The second-order valence-electron chi connectivity index (χ2n) is 4.30. The average molecular weight is 242 g/mol. The van der Waals surface area contributed by atoms with Crippen LogP contribution in [0.1, 0.15) is 16.8 Å². The summed E-state index contributed by atoms with van der Waals surface area (Å²) in [6.07, 6.45) is 7.57. The Morgan fingerprint density at radius 2 is 2.28 bits per heavy atom. The second-order valence-corrected chi connectivity index (χ2v) is 4.30. The van der Waals surface area contributed by atoms with Gasteiger partial charge >= 0.3 is 0 Å². The van der Waals surface area contributed by atoms with Crippen molar-refractivity contribution in [3.63, 3.8) is 0 Å². The Hall–Kier alpha value is -2.10. The fourth-order valence-electron chi connectivity index (χ4n) is 1.84. The summed E-state index contributed by atoms with van der Waals surface area (Å²) >= 11 is 0. The van der Waals surface area contributed by atoms with Crippen LogP contribution in [0.5, 0.6) is 0 Å². The van der Waals surface area contributed by atoms with Crippen LogP contribution in [0.2, 0.25) is 0 Å². The van der Waals surface area contributed by atoms with E-state index in [0.29, 0.717) is 0 Å². The third-order valence-corrected chi connectivity index (χ3v) is 2.80. The lowest BCUT2D eigenvalue weighted by atomic mass is 10.1. The smallest absolute Gasteiger partial charge is 0.203 e. The quantitative estimate of drug-likeness (QED) is 0.820. The van der Waals surface area contributed by atoms with E-state index in [1.54, 1.807) is 0 Å². The number of hydrogen-bond donors (Lipinski definition) is 1. The minimum atomic E-state index is 0.752. The van der Waals surface area contributed by atoms with E-state index in [1.807, 2.05) is 37.7 Å². The highest BCUT2D eigenvalue weighted by atomic mass is 15.2. The lowest BCUT2D eigenvalue weighted by Gasteiger charge is -2.09. The van der Waals surface area contributed by atoms with Crippen molar-refractivity contribution in [2.24, 2.45) is 0 Å². The van der Waals surface area contributed by atoms with E-state index in [0.717, 1.165) is 24.7 Å². The average Bonchev–Trinajstić information content (AvgIpc) is 2.69. The molecule has 0 aliphatic rings. The van der Waals surface area contributed by atoms with Gasteiger partial charge in [0, 0.05) is 31.7 Å². The third-order valence-electron chi connectivity index (χ3n) is 2.80. The van der Waals surface area contributed by atoms with Crippen molar-refractivity contribution in [3.8, 4) is 0 Å². The summed E-state index contributed by atoms with van der Waals surface area (Å²) in [7, 11) is 0. The van der Waals surface area contributed by atoms with Crippen LogP contribution in [-0.4, -0.2) is 14.5 Å². The number of anilines is 1.